The molecule has 0 aliphatic carbocycles. The van der Waals surface area contributed by atoms with E-state index >= 15 is 0 Å². The van der Waals surface area contributed by atoms with Crippen LogP contribution in [0.2, 0.25) is 0 Å². The largest absolute Gasteiger partial charge is 0.495 e. The highest BCUT2D eigenvalue weighted by atomic mass is 79.9. The molecule has 1 N–H and O–H groups in total. The summed E-state index contributed by atoms with van der Waals surface area (Å²) in [6.07, 6.45) is 2.28. The fraction of sp³-hybridized carbons (Fsp3) is 0.625. The van der Waals surface area contributed by atoms with Gasteiger partial charge in [0.05, 0.1) is 14.2 Å². The van der Waals surface area contributed by atoms with Crippen LogP contribution in [0, 0.1) is 5.92 Å². The maximum atomic E-state index is 5.62. The van der Waals surface area contributed by atoms with E-state index in [0.717, 1.165) is 35.4 Å². The monoisotopic (exact) mass is 343 g/mol. The minimum Gasteiger partial charge on any atom is -0.495 e. The molecule has 0 aliphatic rings. The Bertz CT molecular complexity index is 419. The zero-order valence-electron chi connectivity index (χ0n) is 13.1. The number of ether oxygens (including phenoxy) is 2. The highest BCUT2D eigenvalue weighted by Crippen LogP contribution is 2.42. The van der Waals surface area contributed by atoms with Crippen molar-refractivity contribution in [2.45, 2.75) is 39.7 Å². The van der Waals surface area contributed by atoms with Crippen LogP contribution >= 0.6 is 15.9 Å². The Hall–Kier alpha value is -0.740. The first-order valence-electron chi connectivity index (χ1n) is 7.28. The zero-order valence-corrected chi connectivity index (χ0v) is 14.7. The van der Waals surface area contributed by atoms with Crippen LogP contribution in [0.5, 0.6) is 11.5 Å². The van der Waals surface area contributed by atoms with Crippen LogP contribution in [-0.2, 0) is 0 Å². The van der Waals surface area contributed by atoms with E-state index in [4.69, 9.17) is 9.47 Å². The highest BCUT2D eigenvalue weighted by Gasteiger charge is 2.25. The lowest BCUT2D eigenvalue weighted by molar-refractivity contribution is 0.326. The molecule has 20 heavy (non-hydrogen) atoms. The fourth-order valence-electron chi connectivity index (χ4n) is 2.67. The second-order valence-electron chi connectivity index (χ2n) is 4.82. The molecule has 0 amide bonds. The van der Waals surface area contributed by atoms with Gasteiger partial charge >= 0.3 is 0 Å². The Morgan fingerprint density at radius 1 is 1.10 bits per heavy atom. The van der Waals surface area contributed by atoms with E-state index in [1.807, 2.05) is 6.07 Å². The van der Waals surface area contributed by atoms with Gasteiger partial charge in [0.25, 0.3) is 0 Å². The van der Waals surface area contributed by atoms with Crippen LogP contribution in [0.3, 0.4) is 0 Å². The summed E-state index contributed by atoms with van der Waals surface area (Å²) in [5.74, 6) is 2.25. The molecule has 114 valence electrons. The molecule has 0 saturated heterocycles. The van der Waals surface area contributed by atoms with Crippen molar-refractivity contribution >= 4 is 15.9 Å². The van der Waals surface area contributed by atoms with Crippen molar-refractivity contribution in [1.29, 1.82) is 0 Å². The lowest BCUT2D eigenvalue weighted by Crippen LogP contribution is -2.28. The van der Waals surface area contributed by atoms with Crippen LogP contribution < -0.4 is 14.8 Å². The van der Waals surface area contributed by atoms with Crippen molar-refractivity contribution in [3.63, 3.8) is 0 Å². The first-order valence-corrected chi connectivity index (χ1v) is 8.07. The Labute approximate surface area is 131 Å². The summed E-state index contributed by atoms with van der Waals surface area (Å²) < 4.78 is 11.8. The van der Waals surface area contributed by atoms with Crippen molar-refractivity contribution < 1.29 is 9.47 Å². The van der Waals surface area contributed by atoms with Crippen LogP contribution in [0.4, 0.5) is 0 Å². The van der Waals surface area contributed by atoms with Gasteiger partial charge in [-0.05, 0) is 40.5 Å². The summed E-state index contributed by atoms with van der Waals surface area (Å²) in [5, 5.41) is 3.60. The van der Waals surface area contributed by atoms with Gasteiger partial charge in [-0.2, -0.15) is 0 Å². The molecular weight excluding hydrogens is 318 g/mol. The quantitative estimate of drug-likeness (QED) is 0.750. The number of halogens is 1. The Morgan fingerprint density at radius 3 is 2.20 bits per heavy atom. The number of nitrogens with one attached hydrogen (secondary N) is 1. The summed E-state index contributed by atoms with van der Waals surface area (Å²) in [5.41, 5.74) is 1.19. The van der Waals surface area contributed by atoms with E-state index in [1.165, 1.54) is 5.56 Å². The number of methoxy groups -OCH3 is 2. The molecule has 0 aliphatic heterocycles. The second kappa shape index (κ2) is 8.53. The first kappa shape index (κ1) is 17.3. The van der Waals surface area contributed by atoms with Gasteiger partial charge in [-0.15, -0.1) is 0 Å². The minimum absolute atomic E-state index is 0.298. The zero-order chi connectivity index (χ0) is 15.1. The fourth-order valence-corrected chi connectivity index (χ4v) is 3.36. The Morgan fingerprint density at radius 2 is 1.75 bits per heavy atom. The summed E-state index contributed by atoms with van der Waals surface area (Å²) in [7, 11) is 3.38. The van der Waals surface area contributed by atoms with E-state index in [9.17, 15) is 0 Å². The molecule has 1 unspecified atom stereocenters. The second-order valence-corrected chi connectivity index (χ2v) is 5.61. The molecule has 4 heteroatoms. The van der Waals surface area contributed by atoms with Gasteiger partial charge in [0, 0.05) is 11.6 Å². The van der Waals surface area contributed by atoms with Gasteiger partial charge in [-0.3, -0.25) is 0 Å². The normalized spacial score (nSPS) is 12.6. The maximum absolute atomic E-state index is 5.62. The molecule has 0 bridgehead atoms. The topological polar surface area (TPSA) is 30.5 Å². The third-order valence-corrected chi connectivity index (χ3v) is 4.55. The van der Waals surface area contributed by atoms with E-state index in [-0.39, 0.29) is 0 Å². The molecule has 0 heterocycles. The molecule has 1 aromatic rings. The summed E-state index contributed by atoms with van der Waals surface area (Å²) in [6, 6.07) is 4.40. The predicted octanol–water partition coefficient (Wildman–Crippen LogP) is 4.55. The SMILES string of the molecule is CCNC(c1ccc(OC)c(Br)c1OC)C(CC)CC. The number of hydrogen-bond acceptors (Lipinski definition) is 3. The summed E-state index contributed by atoms with van der Waals surface area (Å²) in [4.78, 5) is 0. The molecule has 1 atom stereocenters. The number of benzene rings is 1. The van der Waals surface area contributed by atoms with Gasteiger partial charge in [-0.1, -0.05) is 33.6 Å². The van der Waals surface area contributed by atoms with E-state index in [1.54, 1.807) is 14.2 Å². The molecule has 1 aromatic carbocycles. The summed E-state index contributed by atoms with van der Waals surface area (Å²) in [6.45, 7) is 7.56. The van der Waals surface area contributed by atoms with Gasteiger partial charge in [-0.25, -0.2) is 0 Å². The van der Waals surface area contributed by atoms with E-state index in [2.05, 4.69) is 48.1 Å². The van der Waals surface area contributed by atoms with Crippen molar-refractivity contribution in [3.8, 4) is 11.5 Å². The molecule has 0 radical (unpaired) electrons. The molecule has 0 fully saturated rings. The average molecular weight is 344 g/mol. The van der Waals surface area contributed by atoms with Gasteiger partial charge < -0.3 is 14.8 Å². The molecule has 0 spiro atoms. The first-order chi connectivity index (χ1) is 9.64. The maximum Gasteiger partial charge on any atom is 0.141 e. The molecule has 0 saturated carbocycles. The Kier molecular flexibility index (Phi) is 7.38. The third-order valence-electron chi connectivity index (χ3n) is 3.80. The lowest BCUT2D eigenvalue weighted by atomic mass is 9.88. The van der Waals surface area contributed by atoms with Crippen LogP contribution in [0.15, 0.2) is 16.6 Å². The van der Waals surface area contributed by atoms with Crippen LogP contribution in [-0.4, -0.2) is 20.8 Å². The van der Waals surface area contributed by atoms with Crippen molar-refractivity contribution in [2.75, 3.05) is 20.8 Å². The lowest BCUT2D eigenvalue weighted by Gasteiger charge is -2.28. The van der Waals surface area contributed by atoms with Crippen molar-refractivity contribution in [3.05, 3.63) is 22.2 Å². The molecule has 3 nitrogen and oxygen atoms in total. The summed E-state index contributed by atoms with van der Waals surface area (Å²) >= 11 is 3.59. The molecule has 1 rings (SSSR count). The average Bonchev–Trinajstić information content (AvgIpc) is 2.47. The van der Waals surface area contributed by atoms with Gasteiger partial charge in [0.1, 0.15) is 16.0 Å². The molecule has 0 aromatic heterocycles. The number of hydrogen-bond donors (Lipinski definition) is 1. The highest BCUT2D eigenvalue weighted by molar-refractivity contribution is 9.10. The van der Waals surface area contributed by atoms with Crippen molar-refractivity contribution in [1.82, 2.24) is 5.32 Å². The standard InChI is InChI=1S/C16H26BrNO2/c1-6-11(7-2)15(18-8-3)12-9-10-13(19-4)14(17)16(12)20-5/h9-11,15,18H,6-8H2,1-5H3. The van der Waals surface area contributed by atoms with Gasteiger partial charge in [0.15, 0.2) is 0 Å². The van der Waals surface area contributed by atoms with Crippen molar-refractivity contribution in [2.24, 2.45) is 5.92 Å². The number of rotatable bonds is 8. The molecular formula is C16H26BrNO2. The van der Waals surface area contributed by atoms with Crippen LogP contribution in [0.1, 0.15) is 45.2 Å². The smallest absolute Gasteiger partial charge is 0.141 e. The Balaban J connectivity index is 3.28. The van der Waals surface area contributed by atoms with Gasteiger partial charge in [0.2, 0.25) is 0 Å². The predicted molar refractivity (Wildman–Crippen MR) is 87.7 cm³/mol. The van der Waals surface area contributed by atoms with E-state index in [0.29, 0.717) is 12.0 Å². The third kappa shape index (κ3) is 3.67. The minimum atomic E-state index is 0.298. The van der Waals surface area contributed by atoms with Crippen LogP contribution in [0.25, 0.3) is 0 Å². The van der Waals surface area contributed by atoms with E-state index < -0.39 is 0 Å².